The van der Waals surface area contributed by atoms with Gasteiger partial charge in [0.1, 0.15) is 5.82 Å². The van der Waals surface area contributed by atoms with Gasteiger partial charge in [-0.05, 0) is 38.1 Å². The van der Waals surface area contributed by atoms with Gasteiger partial charge in [-0.3, -0.25) is 4.79 Å². The van der Waals surface area contributed by atoms with Gasteiger partial charge in [-0.1, -0.05) is 29.8 Å². The zero-order valence-electron chi connectivity index (χ0n) is 19.5. The molecular weight excluding hydrogens is 430 g/mol. The van der Waals surface area contributed by atoms with Crippen LogP contribution in [0.1, 0.15) is 21.8 Å². The SMILES string of the molecule is COc1cccc2cc(C(=O)N3CCN(c4cc(C)nc(Nc5ccc(C)cc5)n4)CC3)oc12. The predicted octanol–water partition coefficient (Wildman–Crippen LogP) is 4.55. The summed E-state index contributed by atoms with van der Waals surface area (Å²) in [5, 5.41) is 4.14. The molecule has 1 aliphatic rings. The molecular formula is C26H27N5O3. The highest BCUT2D eigenvalue weighted by atomic mass is 16.5. The number of aryl methyl sites for hydroxylation is 2. The van der Waals surface area contributed by atoms with Gasteiger partial charge in [-0.15, -0.1) is 0 Å². The van der Waals surface area contributed by atoms with E-state index in [1.54, 1.807) is 13.2 Å². The largest absolute Gasteiger partial charge is 0.493 e. The highest BCUT2D eigenvalue weighted by molar-refractivity contribution is 5.97. The van der Waals surface area contributed by atoms with E-state index in [9.17, 15) is 4.79 Å². The van der Waals surface area contributed by atoms with Crippen molar-refractivity contribution in [3.63, 3.8) is 0 Å². The van der Waals surface area contributed by atoms with Crippen molar-refractivity contribution in [1.29, 1.82) is 0 Å². The van der Waals surface area contributed by atoms with Gasteiger partial charge < -0.3 is 24.3 Å². The van der Waals surface area contributed by atoms with Crippen molar-refractivity contribution in [3.8, 4) is 5.75 Å². The number of fused-ring (bicyclic) bond motifs is 1. The van der Waals surface area contributed by atoms with Gasteiger partial charge in [-0.2, -0.15) is 4.98 Å². The second-order valence-electron chi connectivity index (χ2n) is 8.45. The van der Waals surface area contributed by atoms with Gasteiger partial charge in [0.15, 0.2) is 17.1 Å². The van der Waals surface area contributed by atoms with Crippen LogP contribution in [-0.4, -0.2) is 54.1 Å². The lowest BCUT2D eigenvalue weighted by molar-refractivity contribution is 0.0716. The van der Waals surface area contributed by atoms with Crippen molar-refractivity contribution < 1.29 is 13.9 Å². The summed E-state index contributed by atoms with van der Waals surface area (Å²) in [7, 11) is 1.59. The number of para-hydroxylation sites is 1. The highest BCUT2D eigenvalue weighted by Gasteiger charge is 2.26. The molecule has 1 amide bonds. The van der Waals surface area contributed by atoms with Crippen LogP contribution in [0.25, 0.3) is 11.0 Å². The molecule has 0 saturated carbocycles. The number of benzene rings is 2. The van der Waals surface area contributed by atoms with Crippen LogP contribution in [0.3, 0.4) is 0 Å². The molecule has 0 bridgehead atoms. The Balaban J connectivity index is 1.27. The zero-order valence-corrected chi connectivity index (χ0v) is 19.5. The second kappa shape index (κ2) is 9.05. The van der Waals surface area contributed by atoms with Crippen molar-refractivity contribution in [2.75, 3.05) is 43.5 Å². The third kappa shape index (κ3) is 4.39. The third-order valence-electron chi connectivity index (χ3n) is 5.98. The monoisotopic (exact) mass is 457 g/mol. The lowest BCUT2D eigenvalue weighted by Gasteiger charge is -2.35. The highest BCUT2D eigenvalue weighted by Crippen LogP contribution is 2.29. The van der Waals surface area contributed by atoms with Crippen LogP contribution in [-0.2, 0) is 0 Å². The topological polar surface area (TPSA) is 83.7 Å². The van der Waals surface area contributed by atoms with Crippen LogP contribution in [0.2, 0.25) is 0 Å². The number of furan rings is 1. The summed E-state index contributed by atoms with van der Waals surface area (Å²) in [6.07, 6.45) is 0. The minimum absolute atomic E-state index is 0.113. The van der Waals surface area contributed by atoms with Gasteiger partial charge >= 0.3 is 0 Å². The van der Waals surface area contributed by atoms with Crippen LogP contribution >= 0.6 is 0 Å². The normalized spacial score (nSPS) is 13.9. The average Bonchev–Trinajstić information content (AvgIpc) is 3.29. The number of nitrogens with zero attached hydrogens (tertiary/aromatic N) is 4. The van der Waals surface area contributed by atoms with E-state index in [0.717, 1.165) is 22.6 Å². The van der Waals surface area contributed by atoms with Gasteiger partial charge in [0.2, 0.25) is 5.95 Å². The maximum absolute atomic E-state index is 13.1. The smallest absolute Gasteiger partial charge is 0.289 e. The number of methoxy groups -OCH3 is 1. The molecule has 2 aromatic heterocycles. The molecule has 1 saturated heterocycles. The molecule has 4 aromatic rings. The standard InChI is InChI=1S/C26H27N5O3/c1-17-7-9-20(10-8-17)28-26-27-18(2)15-23(29-26)30-11-13-31(14-12-30)25(32)22-16-19-5-4-6-21(33-3)24(19)34-22/h4-10,15-16H,11-14H2,1-3H3,(H,27,28,29). The molecule has 0 aliphatic carbocycles. The lowest BCUT2D eigenvalue weighted by atomic mass is 10.2. The predicted molar refractivity (Wildman–Crippen MR) is 132 cm³/mol. The van der Waals surface area contributed by atoms with Gasteiger partial charge in [0, 0.05) is 49.0 Å². The minimum Gasteiger partial charge on any atom is -0.493 e. The Morgan fingerprint density at radius 1 is 1.00 bits per heavy atom. The van der Waals surface area contributed by atoms with E-state index < -0.39 is 0 Å². The van der Waals surface area contributed by atoms with Gasteiger partial charge in [0.25, 0.3) is 5.91 Å². The first-order valence-electron chi connectivity index (χ1n) is 11.3. The third-order valence-corrected chi connectivity index (χ3v) is 5.98. The van der Waals surface area contributed by atoms with Crippen LogP contribution in [0.15, 0.2) is 59.0 Å². The van der Waals surface area contributed by atoms with Gasteiger partial charge in [-0.25, -0.2) is 4.98 Å². The first-order chi connectivity index (χ1) is 16.5. The molecule has 0 radical (unpaired) electrons. The molecule has 2 aromatic carbocycles. The quantitative estimate of drug-likeness (QED) is 0.471. The number of hydrogen-bond acceptors (Lipinski definition) is 7. The molecule has 8 nitrogen and oxygen atoms in total. The number of piperazine rings is 1. The van der Waals surface area contributed by atoms with Crippen molar-refractivity contribution in [2.24, 2.45) is 0 Å². The van der Waals surface area contributed by atoms with Crippen molar-refractivity contribution in [2.45, 2.75) is 13.8 Å². The summed E-state index contributed by atoms with van der Waals surface area (Å²) in [6, 6.07) is 17.5. The Hall–Kier alpha value is -4.07. The number of hydrogen-bond donors (Lipinski definition) is 1. The summed E-state index contributed by atoms with van der Waals surface area (Å²) in [5.41, 5.74) is 3.62. The molecule has 0 atom stereocenters. The second-order valence-corrected chi connectivity index (χ2v) is 8.45. The first kappa shape index (κ1) is 21.8. The lowest BCUT2D eigenvalue weighted by Crippen LogP contribution is -2.49. The van der Waals surface area contributed by atoms with E-state index in [0.29, 0.717) is 49.2 Å². The number of ether oxygens (including phenoxy) is 1. The molecule has 0 unspecified atom stereocenters. The summed E-state index contributed by atoms with van der Waals surface area (Å²) in [4.78, 5) is 26.3. The summed E-state index contributed by atoms with van der Waals surface area (Å²) >= 11 is 0. The molecule has 34 heavy (non-hydrogen) atoms. The van der Waals surface area contributed by atoms with Crippen LogP contribution in [0, 0.1) is 13.8 Å². The fraction of sp³-hybridized carbons (Fsp3) is 0.269. The number of nitrogens with one attached hydrogen (secondary N) is 1. The van der Waals surface area contributed by atoms with E-state index in [1.807, 2.05) is 60.4 Å². The Labute approximate surface area is 198 Å². The van der Waals surface area contributed by atoms with Crippen LogP contribution < -0.4 is 15.0 Å². The maximum atomic E-state index is 13.1. The molecule has 8 heteroatoms. The van der Waals surface area contributed by atoms with E-state index in [-0.39, 0.29) is 5.91 Å². The maximum Gasteiger partial charge on any atom is 0.289 e. The molecule has 5 rings (SSSR count). The first-order valence-corrected chi connectivity index (χ1v) is 11.3. The minimum atomic E-state index is -0.113. The Morgan fingerprint density at radius 2 is 1.76 bits per heavy atom. The number of amides is 1. The molecule has 1 aliphatic heterocycles. The zero-order chi connectivity index (χ0) is 23.7. The Bertz CT molecular complexity index is 1320. The molecule has 174 valence electrons. The van der Waals surface area contributed by atoms with E-state index >= 15 is 0 Å². The van der Waals surface area contributed by atoms with Crippen molar-refractivity contribution in [1.82, 2.24) is 14.9 Å². The fourth-order valence-corrected chi connectivity index (χ4v) is 4.13. The molecule has 0 spiro atoms. The average molecular weight is 458 g/mol. The molecule has 1 N–H and O–H groups in total. The molecule has 1 fully saturated rings. The molecule has 3 heterocycles. The fourth-order valence-electron chi connectivity index (χ4n) is 4.13. The van der Waals surface area contributed by atoms with Crippen molar-refractivity contribution in [3.05, 3.63) is 71.6 Å². The van der Waals surface area contributed by atoms with Crippen LogP contribution in [0.5, 0.6) is 5.75 Å². The summed E-state index contributed by atoms with van der Waals surface area (Å²) in [5.74, 6) is 2.25. The summed E-state index contributed by atoms with van der Waals surface area (Å²) in [6.45, 7) is 6.53. The van der Waals surface area contributed by atoms with E-state index in [4.69, 9.17) is 14.1 Å². The van der Waals surface area contributed by atoms with Crippen LogP contribution in [0.4, 0.5) is 17.5 Å². The summed E-state index contributed by atoms with van der Waals surface area (Å²) < 4.78 is 11.2. The Kier molecular flexibility index (Phi) is 5.79. The van der Waals surface area contributed by atoms with Crippen molar-refractivity contribution >= 4 is 34.3 Å². The number of carbonyl (C=O) groups is 1. The van der Waals surface area contributed by atoms with Gasteiger partial charge in [0.05, 0.1) is 7.11 Å². The van der Waals surface area contributed by atoms with E-state index in [2.05, 4.69) is 22.1 Å². The number of rotatable bonds is 5. The number of aromatic nitrogens is 2. The Morgan fingerprint density at radius 3 is 2.50 bits per heavy atom. The number of anilines is 3. The van der Waals surface area contributed by atoms with E-state index in [1.165, 1.54) is 5.56 Å². The number of carbonyl (C=O) groups excluding carboxylic acids is 1.